The Morgan fingerprint density at radius 1 is 1.08 bits per heavy atom. The van der Waals surface area contributed by atoms with E-state index in [0.717, 1.165) is 55.3 Å². The van der Waals surface area contributed by atoms with E-state index in [0.29, 0.717) is 17.8 Å². The van der Waals surface area contributed by atoms with Crippen LogP contribution >= 0.6 is 11.6 Å². The van der Waals surface area contributed by atoms with Crippen LogP contribution in [0.2, 0.25) is 5.02 Å². The van der Waals surface area contributed by atoms with Crippen molar-refractivity contribution < 1.29 is 4.79 Å². The van der Waals surface area contributed by atoms with Crippen LogP contribution in [0.25, 0.3) is 0 Å². The zero-order chi connectivity index (χ0) is 26.4. The van der Waals surface area contributed by atoms with Gasteiger partial charge in [-0.05, 0) is 105 Å². The van der Waals surface area contributed by atoms with Gasteiger partial charge in [-0.1, -0.05) is 75.6 Å². The van der Waals surface area contributed by atoms with Gasteiger partial charge in [0.25, 0.3) is 0 Å². The summed E-state index contributed by atoms with van der Waals surface area (Å²) in [5.74, 6) is 2.79. The molecule has 0 spiro atoms. The number of benzene rings is 2. The third kappa shape index (κ3) is 6.69. The Hall–Kier alpha value is -2.06. The molecule has 0 amide bonds. The first-order chi connectivity index (χ1) is 17.9. The first-order valence-corrected chi connectivity index (χ1v) is 15.2. The number of hydrogen-bond donors (Lipinski definition) is 0. The number of anilines is 1. The Morgan fingerprint density at radius 2 is 1.92 bits per heavy atom. The van der Waals surface area contributed by atoms with E-state index in [4.69, 9.17) is 11.6 Å². The van der Waals surface area contributed by atoms with Crippen LogP contribution in [-0.2, 0) is 12.8 Å². The van der Waals surface area contributed by atoms with Crippen molar-refractivity contribution in [2.75, 3.05) is 18.0 Å². The maximum absolute atomic E-state index is 12.3. The van der Waals surface area contributed by atoms with E-state index in [1.54, 1.807) is 6.92 Å². The van der Waals surface area contributed by atoms with Crippen LogP contribution in [0.15, 0.2) is 48.6 Å². The smallest absolute Gasteiger partial charge is 0.159 e. The molecule has 2 aromatic rings. The molecule has 0 radical (unpaired) electrons. The highest BCUT2D eigenvalue weighted by Crippen LogP contribution is 2.44. The topological polar surface area (TPSA) is 20.3 Å². The summed E-state index contributed by atoms with van der Waals surface area (Å²) in [5, 5.41) is 0.839. The van der Waals surface area contributed by atoms with Crippen molar-refractivity contribution in [1.82, 2.24) is 0 Å². The lowest BCUT2D eigenvalue weighted by molar-refractivity contribution is 0.101. The van der Waals surface area contributed by atoms with Crippen LogP contribution in [-0.4, -0.2) is 18.9 Å². The molecule has 2 aliphatic rings. The van der Waals surface area contributed by atoms with Crippen molar-refractivity contribution in [3.8, 4) is 0 Å². The van der Waals surface area contributed by atoms with Gasteiger partial charge in [0.2, 0.25) is 0 Å². The summed E-state index contributed by atoms with van der Waals surface area (Å²) in [6.45, 7) is 10.6. The molecular formula is C34H46ClNO. The molecule has 1 aliphatic heterocycles. The molecule has 4 atom stereocenters. The van der Waals surface area contributed by atoms with Gasteiger partial charge in [-0.3, -0.25) is 4.79 Å². The summed E-state index contributed by atoms with van der Waals surface area (Å²) in [6.07, 6.45) is 15.6. The maximum Gasteiger partial charge on any atom is 0.159 e. The van der Waals surface area contributed by atoms with Gasteiger partial charge in [-0.2, -0.15) is 0 Å². The molecule has 0 bridgehead atoms. The van der Waals surface area contributed by atoms with Gasteiger partial charge in [0.05, 0.1) is 0 Å². The third-order valence-corrected chi connectivity index (χ3v) is 9.13. The normalized spacial score (nSPS) is 22.4. The van der Waals surface area contributed by atoms with Crippen LogP contribution < -0.4 is 4.90 Å². The second-order valence-corrected chi connectivity index (χ2v) is 11.9. The predicted octanol–water partition coefficient (Wildman–Crippen LogP) is 9.44. The van der Waals surface area contributed by atoms with Gasteiger partial charge < -0.3 is 4.90 Å². The van der Waals surface area contributed by atoms with E-state index in [9.17, 15) is 4.79 Å². The van der Waals surface area contributed by atoms with Crippen molar-refractivity contribution in [2.45, 2.75) is 91.4 Å². The second-order valence-electron chi connectivity index (χ2n) is 11.4. The number of rotatable bonds is 11. The highest BCUT2D eigenvalue weighted by atomic mass is 35.5. The van der Waals surface area contributed by atoms with Gasteiger partial charge in [0, 0.05) is 35.3 Å². The standard InChI is InChI=1S/C34H46ClNO/c1-5-8-9-11-25(7-3)32-18-16-30(32)23-36-22-29(33-19-17-31(35)20-28(33)10-6-2)15-13-26-12-14-27(24(4)37)21-34(26)36/h9,11-12,14,17,19-21,25,29-30,32H,5-8,10,13,15-16,18,22-23H2,1-4H3/b11-9+. The van der Waals surface area contributed by atoms with E-state index >= 15 is 0 Å². The molecule has 0 aromatic heterocycles. The fourth-order valence-electron chi connectivity index (χ4n) is 6.65. The monoisotopic (exact) mass is 519 g/mol. The molecule has 1 saturated carbocycles. The number of Topliss-reactive ketones (excluding diaryl/α,β-unsaturated/α-hetero) is 1. The number of carbonyl (C=O) groups excluding carboxylic acids is 1. The lowest BCUT2D eigenvalue weighted by Crippen LogP contribution is -2.42. The van der Waals surface area contributed by atoms with Gasteiger partial charge in [0.15, 0.2) is 5.78 Å². The summed E-state index contributed by atoms with van der Waals surface area (Å²) in [4.78, 5) is 15.0. The number of aryl methyl sites for hydroxylation is 2. The average molecular weight is 520 g/mol. The molecule has 4 rings (SSSR count). The zero-order valence-electron chi connectivity index (χ0n) is 23.4. The Kier molecular flexibility index (Phi) is 9.93. The SMILES string of the molecule is CCC/C=C/C(CC)C1CCC1CN1CC(c2ccc(Cl)cc2CCC)CCc2ccc(C(C)=O)cc21. The number of carbonyl (C=O) groups is 1. The molecule has 4 unspecified atom stereocenters. The molecular weight excluding hydrogens is 474 g/mol. The molecule has 1 fully saturated rings. The molecule has 200 valence electrons. The Labute approximate surface area is 230 Å². The number of allylic oxidation sites excluding steroid dienone is 2. The van der Waals surface area contributed by atoms with Crippen LogP contribution in [0.5, 0.6) is 0 Å². The lowest BCUT2D eigenvalue weighted by Gasteiger charge is -2.44. The van der Waals surface area contributed by atoms with E-state index in [1.165, 1.54) is 54.5 Å². The number of nitrogens with zero attached hydrogens (tertiary/aromatic N) is 1. The van der Waals surface area contributed by atoms with Crippen molar-refractivity contribution in [3.63, 3.8) is 0 Å². The minimum Gasteiger partial charge on any atom is -0.370 e. The van der Waals surface area contributed by atoms with E-state index < -0.39 is 0 Å². The van der Waals surface area contributed by atoms with Gasteiger partial charge in [-0.25, -0.2) is 0 Å². The molecule has 1 heterocycles. The van der Waals surface area contributed by atoms with Crippen molar-refractivity contribution in [2.24, 2.45) is 17.8 Å². The zero-order valence-corrected chi connectivity index (χ0v) is 24.2. The average Bonchev–Trinajstić information content (AvgIpc) is 3.05. The van der Waals surface area contributed by atoms with Crippen molar-refractivity contribution in [3.05, 3.63) is 75.8 Å². The summed E-state index contributed by atoms with van der Waals surface area (Å²) in [6, 6.07) is 13.0. The third-order valence-electron chi connectivity index (χ3n) is 8.89. The van der Waals surface area contributed by atoms with Crippen molar-refractivity contribution in [1.29, 1.82) is 0 Å². The molecule has 1 aliphatic carbocycles. The van der Waals surface area contributed by atoms with Gasteiger partial charge in [0.1, 0.15) is 0 Å². The Morgan fingerprint density at radius 3 is 2.59 bits per heavy atom. The summed E-state index contributed by atoms with van der Waals surface area (Å²) in [5.41, 5.74) is 6.39. The Bertz CT molecular complexity index is 1090. The number of fused-ring (bicyclic) bond motifs is 1. The Balaban J connectivity index is 1.64. The maximum atomic E-state index is 12.3. The van der Waals surface area contributed by atoms with Crippen LogP contribution in [0.4, 0.5) is 5.69 Å². The summed E-state index contributed by atoms with van der Waals surface area (Å²) in [7, 11) is 0. The highest BCUT2D eigenvalue weighted by Gasteiger charge is 2.37. The predicted molar refractivity (Wildman–Crippen MR) is 159 cm³/mol. The first-order valence-electron chi connectivity index (χ1n) is 14.8. The van der Waals surface area contributed by atoms with Crippen LogP contribution in [0.1, 0.15) is 106 Å². The number of unbranched alkanes of at least 4 members (excludes halogenated alkanes) is 1. The molecule has 37 heavy (non-hydrogen) atoms. The van der Waals surface area contributed by atoms with E-state index in [2.05, 4.69) is 68.2 Å². The quantitative estimate of drug-likeness (QED) is 0.217. The molecule has 3 heteroatoms. The summed E-state index contributed by atoms with van der Waals surface area (Å²) < 4.78 is 0. The summed E-state index contributed by atoms with van der Waals surface area (Å²) >= 11 is 6.42. The first kappa shape index (κ1) is 28.0. The number of halogens is 1. The van der Waals surface area contributed by atoms with Gasteiger partial charge in [-0.15, -0.1) is 0 Å². The van der Waals surface area contributed by atoms with Crippen LogP contribution in [0.3, 0.4) is 0 Å². The largest absolute Gasteiger partial charge is 0.370 e. The number of hydrogen-bond acceptors (Lipinski definition) is 2. The minimum absolute atomic E-state index is 0.153. The van der Waals surface area contributed by atoms with Crippen molar-refractivity contribution >= 4 is 23.1 Å². The molecule has 0 saturated heterocycles. The fourth-order valence-corrected chi connectivity index (χ4v) is 6.84. The number of ketones is 1. The highest BCUT2D eigenvalue weighted by molar-refractivity contribution is 6.30. The van der Waals surface area contributed by atoms with E-state index in [-0.39, 0.29) is 5.78 Å². The fraction of sp³-hybridized carbons (Fsp3) is 0.559. The second kappa shape index (κ2) is 13.1. The van der Waals surface area contributed by atoms with Gasteiger partial charge >= 0.3 is 0 Å². The minimum atomic E-state index is 0.153. The van der Waals surface area contributed by atoms with E-state index in [1.807, 2.05) is 6.07 Å². The molecule has 0 N–H and O–H groups in total. The molecule has 2 aromatic carbocycles. The molecule has 2 nitrogen and oxygen atoms in total. The van der Waals surface area contributed by atoms with Crippen LogP contribution in [0, 0.1) is 17.8 Å². The lowest BCUT2D eigenvalue weighted by atomic mass is 9.66.